The van der Waals surface area contributed by atoms with Gasteiger partial charge in [-0.05, 0) is 24.3 Å². The molecule has 0 N–H and O–H groups in total. The minimum Gasteiger partial charge on any atom is -0.367 e. The molecule has 10 heteroatoms. The number of nitro benzene ring substituents is 1. The second-order valence-electron chi connectivity index (χ2n) is 5.74. The quantitative estimate of drug-likeness (QED) is 0.535. The van der Waals surface area contributed by atoms with Gasteiger partial charge in [0.25, 0.3) is 5.69 Å². The number of nitrogens with zero attached hydrogens (tertiary/aromatic N) is 3. The Morgan fingerprint density at radius 3 is 2.35 bits per heavy atom. The standard InChI is InChI=1S/C16H15BrFN3O4S/c17-12-2-1-3-14(10-12)26(24,25)20-8-6-19(7-9-20)16-5-4-13(21(22)23)11-15(16)18/h1-5,10-11H,6-9H2. The maximum absolute atomic E-state index is 14.2. The Labute approximate surface area is 158 Å². The molecular weight excluding hydrogens is 429 g/mol. The van der Waals surface area contributed by atoms with Gasteiger partial charge in [-0.25, -0.2) is 12.8 Å². The minimum atomic E-state index is -3.62. The Balaban J connectivity index is 1.74. The van der Waals surface area contributed by atoms with Crippen molar-refractivity contribution in [2.45, 2.75) is 4.90 Å². The summed E-state index contributed by atoms with van der Waals surface area (Å²) in [4.78, 5) is 11.9. The molecule has 26 heavy (non-hydrogen) atoms. The van der Waals surface area contributed by atoms with Gasteiger partial charge < -0.3 is 4.90 Å². The van der Waals surface area contributed by atoms with E-state index in [9.17, 15) is 22.9 Å². The zero-order chi connectivity index (χ0) is 18.9. The topological polar surface area (TPSA) is 83.8 Å². The van der Waals surface area contributed by atoms with Crippen LogP contribution in [0.2, 0.25) is 0 Å². The first-order valence-corrected chi connectivity index (χ1v) is 9.97. The molecule has 0 aliphatic carbocycles. The Bertz CT molecular complexity index is 946. The maximum atomic E-state index is 14.2. The second-order valence-corrected chi connectivity index (χ2v) is 8.59. The van der Waals surface area contributed by atoms with E-state index < -0.39 is 20.8 Å². The van der Waals surface area contributed by atoms with E-state index in [0.717, 1.165) is 6.07 Å². The summed E-state index contributed by atoms with van der Waals surface area (Å²) in [5.74, 6) is -0.692. The summed E-state index contributed by atoms with van der Waals surface area (Å²) in [7, 11) is -3.62. The fourth-order valence-electron chi connectivity index (χ4n) is 2.81. The van der Waals surface area contributed by atoms with Crippen LogP contribution in [0.4, 0.5) is 15.8 Å². The SMILES string of the molecule is O=[N+]([O-])c1ccc(N2CCN(S(=O)(=O)c3cccc(Br)c3)CC2)c(F)c1. The molecule has 0 aromatic heterocycles. The average molecular weight is 444 g/mol. The predicted octanol–water partition coefficient (Wildman–Crippen LogP) is 3.01. The second kappa shape index (κ2) is 7.29. The van der Waals surface area contributed by atoms with Crippen molar-refractivity contribution in [2.24, 2.45) is 0 Å². The molecule has 7 nitrogen and oxygen atoms in total. The van der Waals surface area contributed by atoms with Crippen molar-refractivity contribution in [3.05, 3.63) is 62.9 Å². The van der Waals surface area contributed by atoms with Gasteiger partial charge in [0.05, 0.1) is 21.6 Å². The predicted molar refractivity (Wildman–Crippen MR) is 98.2 cm³/mol. The largest absolute Gasteiger partial charge is 0.367 e. The summed E-state index contributed by atoms with van der Waals surface area (Å²) in [5.41, 5.74) is -0.0859. The monoisotopic (exact) mass is 443 g/mol. The molecule has 1 fully saturated rings. The van der Waals surface area contributed by atoms with Gasteiger partial charge in [-0.2, -0.15) is 4.31 Å². The summed E-state index contributed by atoms with van der Waals surface area (Å²) in [5, 5.41) is 10.7. The number of nitro groups is 1. The van der Waals surface area contributed by atoms with E-state index >= 15 is 0 Å². The molecule has 0 unspecified atom stereocenters. The van der Waals surface area contributed by atoms with Gasteiger partial charge in [0.1, 0.15) is 0 Å². The van der Waals surface area contributed by atoms with Crippen LogP contribution < -0.4 is 4.90 Å². The lowest BCUT2D eigenvalue weighted by Crippen LogP contribution is -2.48. The number of hydrogen-bond donors (Lipinski definition) is 0. The van der Waals surface area contributed by atoms with Gasteiger partial charge >= 0.3 is 0 Å². The van der Waals surface area contributed by atoms with E-state index in [4.69, 9.17) is 0 Å². The number of piperazine rings is 1. The third-order valence-corrected chi connectivity index (χ3v) is 6.54. The van der Waals surface area contributed by atoms with Crippen LogP contribution in [-0.2, 0) is 10.0 Å². The highest BCUT2D eigenvalue weighted by Crippen LogP contribution is 2.27. The lowest BCUT2D eigenvalue weighted by Gasteiger charge is -2.35. The van der Waals surface area contributed by atoms with E-state index in [1.165, 1.54) is 28.6 Å². The van der Waals surface area contributed by atoms with Crippen molar-refractivity contribution in [3.63, 3.8) is 0 Å². The summed E-state index contributed by atoms with van der Waals surface area (Å²) in [6, 6.07) is 9.93. The van der Waals surface area contributed by atoms with Gasteiger partial charge in [-0.3, -0.25) is 10.1 Å². The number of non-ortho nitro benzene ring substituents is 1. The third kappa shape index (κ3) is 3.71. The highest BCUT2D eigenvalue weighted by molar-refractivity contribution is 9.10. The first-order valence-electron chi connectivity index (χ1n) is 7.73. The zero-order valence-electron chi connectivity index (χ0n) is 13.5. The van der Waals surface area contributed by atoms with Crippen LogP contribution in [0.15, 0.2) is 51.8 Å². The third-order valence-electron chi connectivity index (χ3n) is 4.16. The number of anilines is 1. The van der Waals surface area contributed by atoms with Crippen LogP contribution in [0.1, 0.15) is 0 Å². The molecule has 3 rings (SSSR count). The Hall–Kier alpha value is -2.04. The van der Waals surface area contributed by atoms with Gasteiger partial charge in [-0.15, -0.1) is 0 Å². The lowest BCUT2D eigenvalue weighted by molar-refractivity contribution is -0.385. The van der Waals surface area contributed by atoms with Gasteiger partial charge in [0.15, 0.2) is 5.82 Å². The molecular formula is C16H15BrFN3O4S. The van der Waals surface area contributed by atoms with Crippen molar-refractivity contribution in [1.82, 2.24) is 4.31 Å². The van der Waals surface area contributed by atoms with Crippen LogP contribution in [0.3, 0.4) is 0 Å². The Kier molecular flexibility index (Phi) is 5.26. The van der Waals surface area contributed by atoms with E-state index in [2.05, 4.69) is 15.9 Å². The molecule has 1 heterocycles. The van der Waals surface area contributed by atoms with Crippen molar-refractivity contribution >= 4 is 37.3 Å². The van der Waals surface area contributed by atoms with E-state index in [1.54, 1.807) is 17.0 Å². The molecule has 1 aliphatic heterocycles. The van der Waals surface area contributed by atoms with Crippen molar-refractivity contribution in [2.75, 3.05) is 31.1 Å². The molecule has 1 saturated heterocycles. The summed E-state index contributed by atoms with van der Waals surface area (Å²) in [6.07, 6.45) is 0. The number of benzene rings is 2. The first-order chi connectivity index (χ1) is 12.3. The molecule has 1 aliphatic rings. The fraction of sp³-hybridized carbons (Fsp3) is 0.250. The Morgan fingerprint density at radius 2 is 1.77 bits per heavy atom. The summed E-state index contributed by atoms with van der Waals surface area (Å²) in [6.45, 7) is 0.987. The van der Waals surface area contributed by atoms with E-state index in [0.29, 0.717) is 17.6 Å². The lowest BCUT2D eigenvalue weighted by atomic mass is 10.2. The fourth-order valence-corrected chi connectivity index (χ4v) is 4.83. The molecule has 138 valence electrons. The van der Waals surface area contributed by atoms with Crippen molar-refractivity contribution in [3.8, 4) is 0 Å². The van der Waals surface area contributed by atoms with Crippen molar-refractivity contribution < 1.29 is 17.7 Å². The molecule has 0 bridgehead atoms. The molecule has 0 saturated carbocycles. The molecule has 2 aromatic carbocycles. The molecule has 0 amide bonds. The number of sulfonamides is 1. The smallest absolute Gasteiger partial charge is 0.272 e. The zero-order valence-corrected chi connectivity index (χ0v) is 15.9. The van der Waals surface area contributed by atoms with Gasteiger partial charge in [0, 0.05) is 36.7 Å². The molecule has 2 aromatic rings. The maximum Gasteiger partial charge on any atom is 0.272 e. The van der Waals surface area contributed by atoms with E-state index in [-0.39, 0.29) is 29.4 Å². The molecule has 0 spiro atoms. The molecule has 0 atom stereocenters. The van der Waals surface area contributed by atoms with Crippen LogP contribution in [0.5, 0.6) is 0 Å². The average Bonchev–Trinajstić information content (AvgIpc) is 2.61. The van der Waals surface area contributed by atoms with Crippen LogP contribution in [-0.4, -0.2) is 43.8 Å². The minimum absolute atomic E-state index is 0.196. The first kappa shape index (κ1) is 18.7. The van der Waals surface area contributed by atoms with Gasteiger partial charge in [-0.1, -0.05) is 22.0 Å². The summed E-state index contributed by atoms with van der Waals surface area (Å²) >= 11 is 3.26. The highest BCUT2D eigenvalue weighted by Gasteiger charge is 2.29. The van der Waals surface area contributed by atoms with E-state index in [1.807, 2.05) is 0 Å². The van der Waals surface area contributed by atoms with Crippen LogP contribution in [0, 0.1) is 15.9 Å². The summed E-state index contributed by atoms with van der Waals surface area (Å²) < 4.78 is 41.6. The number of halogens is 2. The highest BCUT2D eigenvalue weighted by atomic mass is 79.9. The molecule has 0 radical (unpaired) electrons. The van der Waals surface area contributed by atoms with Crippen LogP contribution in [0.25, 0.3) is 0 Å². The Morgan fingerprint density at radius 1 is 1.08 bits per heavy atom. The van der Waals surface area contributed by atoms with Crippen LogP contribution >= 0.6 is 15.9 Å². The van der Waals surface area contributed by atoms with Gasteiger partial charge in [0.2, 0.25) is 10.0 Å². The normalized spacial score (nSPS) is 15.8. The number of hydrogen-bond acceptors (Lipinski definition) is 5. The van der Waals surface area contributed by atoms with Crippen molar-refractivity contribution in [1.29, 1.82) is 0 Å². The number of rotatable bonds is 4.